The smallest absolute Gasteiger partial charge is 0.246 e. The van der Waals surface area contributed by atoms with E-state index >= 15 is 0 Å². The quantitative estimate of drug-likeness (QED) is 0.623. The van der Waals surface area contributed by atoms with E-state index < -0.39 is 5.60 Å². The van der Waals surface area contributed by atoms with Crippen LogP contribution < -0.4 is 4.74 Å². The van der Waals surface area contributed by atoms with Crippen LogP contribution in [0.2, 0.25) is 0 Å². The van der Waals surface area contributed by atoms with Crippen molar-refractivity contribution >= 4 is 17.8 Å². The Balaban J connectivity index is 1.40. The Hall–Kier alpha value is -2.88. The molecule has 2 aromatic carbocycles. The average Bonchev–Trinajstić information content (AvgIpc) is 2.72. The predicted octanol–water partition coefficient (Wildman–Crippen LogP) is 5.47. The Kier molecular flexibility index (Phi) is 5.74. The van der Waals surface area contributed by atoms with Gasteiger partial charge < -0.3 is 9.64 Å². The van der Waals surface area contributed by atoms with Crippen LogP contribution in [0.25, 0.3) is 6.08 Å². The number of carbonyl (C=O) groups excluding carboxylic acids is 2. The van der Waals surface area contributed by atoms with Gasteiger partial charge in [-0.15, -0.1) is 0 Å². The fourth-order valence-electron chi connectivity index (χ4n) is 4.70. The summed E-state index contributed by atoms with van der Waals surface area (Å²) in [5.41, 5.74) is 4.63. The van der Waals surface area contributed by atoms with Gasteiger partial charge in [-0.3, -0.25) is 9.59 Å². The van der Waals surface area contributed by atoms with Crippen LogP contribution in [0.5, 0.6) is 5.75 Å². The Morgan fingerprint density at radius 3 is 2.42 bits per heavy atom. The number of hydrogen-bond acceptors (Lipinski definition) is 3. The molecule has 1 amide bonds. The van der Waals surface area contributed by atoms with Crippen LogP contribution in [0, 0.1) is 13.8 Å². The maximum Gasteiger partial charge on any atom is 0.246 e. The van der Waals surface area contributed by atoms with Gasteiger partial charge in [-0.2, -0.15) is 0 Å². The summed E-state index contributed by atoms with van der Waals surface area (Å²) < 4.78 is 6.40. The van der Waals surface area contributed by atoms with Crippen molar-refractivity contribution in [3.63, 3.8) is 0 Å². The number of amides is 1. The highest BCUT2D eigenvalue weighted by molar-refractivity contribution is 6.02. The molecule has 0 unspecified atom stereocenters. The number of piperidine rings is 1. The van der Waals surface area contributed by atoms with Gasteiger partial charge in [0.2, 0.25) is 5.91 Å². The summed E-state index contributed by atoms with van der Waals surface area (Å²) in [4.78, 5) is 27.4. The highest BCUT2D eigenvalue weighted by Gasteiger charge is 2.43. The molecule has 0 atom stereocenters. The summed E-state index contributed by atoms with van der Waals surface area (Å²) >= 11 is 0. The molecule has 1 fully saturated rings. The molecule has 2 aliphatic heterocycles. The van der Waals surface area contributed by atoms with Gasteiger partial charge in [-0.1, -0.05) is 44.2 Å². The van der Waals surface area contributed by atoms with E-state index in [0.717, 1.165) is 22.3 Å². The molecule has 4 nitrogen and oxygen atoms in total. The topological polar surface area (TPSA) is 46.6 Å². The molecule has 1 saturated heterocycles. The summed E-state index contributed by atoms with van der Waals surface area (Å²) in [7, 11) is 0. The monoisotopic (exact) mass is 417 g/mol. The first-order valence-corrected chi connectivity index (χ1v) is 11.2. The molecule has 162 valence electrons. The summed E-state index contributed by atoms with van der Waals surface area (Å²) in [5, 5.41) is 0. The lowest BCUT2D eigenvalue weighted by molar-refractivity contribution is -0.129. The van der Waals surface area contributed by atoms with Crippen molar-refractivity contribution in [3.05, 3.63) is 70.3 Å². The van der Waals surface area contributed by atoms with Crippen molar-refractivity contribution in [2.24, 2.45) is 0 Å². The minimum absolute atomic E-state index is 0.0111. The Bertz CT molecular complexity index is 1030. The second-order valence-corrected chi connectivity index (χ2v) is 9.32. The van der Waals surface area contributed by atoms with Crippen molar-refractivity contribution in [2.75, 3.05) is 13.1 Å². The van der Waals surface area contributed by atoms with Crippen LogP contribution in [0.15, 0.2) is 42.5 Å². The summed E-state index contributed by atoms with van der Waals surface area (Å²) in [6.45, 7) is 9.53. The number of carbonyl (C=O) groups is 2. The minimum atomic E-state index is -0.489. The van der Waals surface area contributed by atoms with Crippen molar-refractivity contribution in [1.29, 1.82) is 0 Å². The number of benzene rings is 2. The molecule has 2 aliphatic rings. The molecular weight excluding hydrogens is 386 g/mol. The highest BCUT2D eigenvalue weighted by Crippen LogP contribution is 2.41. The number of nitrogens with zero attached hydrogens (tertiary/aromatic N) is 1. The van der Waals surface area contributed by atoms with Gasteiger partial charge in [-0.05, 0) is 54.2 Å². The van der Waals surface area contributed by atoms with Crippen LogP contribution in [0.1, 0.15) is 71.6 Å². The Morgan fingerprint density at radius 1 is 1.10 bits per heavy atom. The normalized spacial score (nSPS) is 17.8. The number of aryl methyl sites for hydroxylation is 2. The largest absolute Gasteiger partial charge is 0.486 e. The second kappa shape index (κ2) is 8.33. The van der Waals surface area contributed by atoms with E-state index in [0.29, 0.717) is 44.0 Å². The zero-order chi connectivity index (χ0) is 22.2. The van der Waals surface area contributed by atoms with Crippen molar-refractivity contribution < 1.29 is 14.3 Å². The molecular formula is C27H31NO3. The number of ether oxygens (including phenoxy) is 1. The first-order chi connectivity index (χ1) is 14.8. The molecule has 4 rings (SSSR count). The molecule has 0 aliphatic carbocycles. The fourth-order valence-corrected chi connectivity index (χ4v) is 4.70. The van der Waals surface area contributed by atoms with Gasteiger partial charge in [0, 0.05) is 32.0 Å². The Morgan fingerprint density at radius 2 is 1.77 bits per heavy atom. The molecule has 0 radical (unpaired) electrons. The van der Waals surface area contributed by atoms with Crippen molar-refractivity contribution in [3.8, 4) is 5.75 Å². The average molecular weight is 418 g/mol. The first kappa shape index (κ1) is 21.4. The van der Waals surface area contributed by atoms with E-state index in [-0.39, 0.29) is 11.7 Å². The lowest BCUT2D eigenvalue weighted by atomic mass is 9.81. The van der Waals surface area contributed by atoms with Crippen LogP contribution in [0.4, 0.5) is 0 Å². The third-order valence-electron chi connectivity index (χ3n) is 6.54. The van der Waals surface area contributed by atoms with Gasteiger partial charge in [0.05, 0.1) is 12.0 Å². The van der Waals surface area contributed by atoms with E-state index in [1.165, 1.54) is 5.56 Å². The van der Waals surface area contributed by atoms with Gasteiger partial charge >= 0.3 is 0 Å². The third kappa shape index (κ3) is 4.43. The van der Waals surface area contributed by atoms with Crippen LogP contribution in [0.3, 0.4) is 0 Å². The standard InChI is InChI=1S/C27H31NO3/c1-18(2)22-8-5-21(6-9-22)7-10-25(30)28-13-11-27(12-14-28)17-23(29)26-20(4)15-19(3)16-24(26)31-27/h5-10,15-16,18H,11-14,17H2,1-4H3/b10-7+. The van der Waals surface area contributed by atoms with E-state index in [1.807, 2.05) is 49.1 Å². The third-order valence-corrected chi connectivity index (χ3v) is 6.54. The molecule has 1 spiro atoms. The van der Waals surface area contributed by atoms with E-state index in [1.54, 1.807) is 6.08 Å². The van der Waals surface area contributed by atoms with E-state index in [2.05, 4.69) is 26.0 Å². The van der Waals surface area contributed by atoms with Gasteiger partial charge in [-0.25, -0.2) is 0 Å². The molecule has 4 heteroatoms. The SMILES string of the molecule is Cc1cc(C)c2c(c1)OC1(CCN(C(=O)/C=C/c3ccc(C(C)C)cc3)CC1)CC2=O. The maximum atomic E-state index is 12.9. The number of rotatable bonds is 3. The van der Waals surface area contributed by atoms with Crippen LogP contribution >= 0.6 is 0 Å². The number of Topliss-reactive ketones (excluding diaryl/α,β-unsaturated/α-hetero) is 1. The zero-order valence-electron chi connectivity index (χ0n) is 18.9. The van der Waals surface area contributed by atoms with Crippen LogP contribution in [-0.4, -0.2) is 35.3 Å². The van der Waals surface area contributed by atoms with Gasteiger partial charge in [0.1, 0.15) is 11.4 Å². The molecule has 0 saturated carbocycles. The van der Waals surface area contributed by atoms with Crippen molar-refractivity contribution in [2.45, 2.75) is 58.5 Å². The lowest BCUT2D eigenvalue weighted by Crippen LogP contribution is -2.52. The highest BCUT2D eigenvalue weighted by atomic mass is 16.5. The summed E-state index contributed by atoms with van der Waals surface area (Å²) in [6.07, 6.45) is 5.27. The maximum absolute atomic E-state index is 12.9. The lowest BCUT2D eigenvalue weighted by Gasteiger charge is -2.44. The summed E-state index contributed by atoms with van der Waals surface area (Å²) in [6, 6.07) is 12.3. The molecule has 0 aromatic heterocycles. The number of likely N-dealkylation sites (tertiary alicyclic amines) is 1. The minimum Gasteiger partial charge on any atom is -0.486 e. The molecule has 2 aromatic rings. The Labute approximate surface area is 184 Å². The van der Waals surface area contributed by atoms with E-state index in [4.69, 9.17) is 4.74 Å². The summed E-state index contributed by atoms with van der Waals surface area (Å²) in [5.74, 6) is 1.37. The molecule has 2 heterocycles. The second-order valence-electron chi connectivity index (χ2n) is 9.32. The van der Waals surface area contributed by atoms with Gasteiger partial charge in [0.25, 0.3) is 0 Å². The number of hydrogen-bond donors (Lipinski definition) is 0. The number of fused-ring (bicyclic) bond motifs is 1. The van der Waals surface area contributed by atoms with E-state index in [9.17, 15) is 9.59 Å². The zero-order valence-corrected chi connectivity index (χ0v) is 18.9. The first-order valence-electron chi connectivity index (χ1n) is 11.2. The molecule has 0 N–H and O–H groups in total. The van der Waals surface area contributed by atoms with Crippen molar-refractivity contribution in [1.82, 2.24) is 4.90 Å². The predicted molar refractivity (Wildman–Crippen MR) is 124 cm³/mol. The fraction of sp³-hybridized carbons (Fsp3) is 0.407. The van der Waals surface area contributed by atoms with Gasteiger partial charge in [0.15, 0.2) is 5.78 Å². The molecule has 0 bridgehead atoms. The number of ketones is 1. The van der Waals surface area contributed by atoms with Crippen LogP contribution in [-0.2, 0) is 4.79 Å². The molecule has 31 heavy (non-hydrogen) atoms.